The topological polar surface area (TPSA) is 178 Å². The smallest absolute Gasteiger partial charge is 0.397 e. The predicted molar refractivity (Wildman–Crippen MR) is 253 cm³/mol. The lowest BCUT2D eigenvalue weighted by Gasteiger charge is -2.41. The molecule has 0 aromatic carbocycles. The molecule has 6 atom stereocenters. The molecule has 368 valence electrons. The highest BCUT2D eigenvalue weighted by molar-refractivity contribution is 7.80. The quantitative estimate of drug-likeness (QED) is 0.0197. The van der Waals surface area contributed by atoms with Crippen molar-refractivity contribution in [3.63, 3.8) is 0 Å². The highest BCUT2D eigenvalue weighted by Crippen LogP contribution is 2.26. The summed E-state index contributed by atoms with van der Waals surface area (Å²) in [5.74, 6) is -0.437. The Morgan fingerprint density at radius 2 is 1.10 bits per heavy atom. The van der Waals surface area contributed by atoms with Crippen LogP contribution in [0.4, 0.5) is 0 Å². The van der Waals surface area contributed by atoms with E-state index in [2.05, 4.69) is 66.6 Å². The second-order valence-corrected chi connectivity index (χ2v) is 18.1. The molecule has 1 saturated heterocycles. The van der Waals surface area contributed by atoms with E-state index < -0.39 is 59.8 Å². The zero-order valence-electron chi connectivity index (χ0n) is 39.4. The number of unbranched alkanes of at least 4 members (excludes halogenated alkanes) is 22. The van der Waals surface area contributed by atoms with E-state index >= 15 is 0 Å². The van der Waals surface area contributed by atoms with Gasteiger partial charge in [0.15, 0.2) is 6.29 Å². The van der Waals surface area contributed by atoms with Gasteiger partial charge in [-0.2, -0.15) is 8.42 Å². The molecule has 0 aliphatic carbocycles. The molecule has 0 radical (unpaired) electrons. The van der Waals surface area contributed by atoms with Crippen LogP contribution < -0.4 is 0 Å². The van der Waals surface area contributed by atoms with Crippen LogP contribution in [0.3, 0.4) is 0 Å². The van der Waals surface area contributed by atoms with Gasteiger partial charge in [-0.1, -0.05) is 191 Å². The van der Waals surface area contributed by atoms with Crippen LogP contribution >= 0.6 is 0 Å². The summed E-state index contributed by atoms with van der Waals surface area (Å²) in [4.78, 5) is 12.9. The van der Waals surface area contributed by atoms with Gasteiger partial charge in [-0.15, -0.1) is 0 Å². The zero-order valence-corrected chi connectivity index (χ0v) is 40.2. The minimum Gasteiger partial charge on any atom is -0.457 e. The Hall–Kier alpha value is -1.94. The van der Waals surface area contributed by atoms with Crippen LogP contribution in [0.15, 0.2) is 48.6 Å². The maximum absolute atomic E-state index is 12.9. The van der Waals surface area contributed by atoms with Gasteiger partial charge in [0.25, 0.3) is 0 Å². The molecule has 1 aliphatic rings. The summed E-state index contributed by atoms with van der Waals surface area (Å²) in [6.07, 6.45) is 41.6. The fourth-order valence-corrected chi connectivity index (χ4v) is 8.00. The van der Waals surface area contributed by atoms with Crippen LogP contribution in [-0.4, -0.2) is 97.5 Å². The van der Waals surface area contributed by atoms with Crippen molar-refractivity contribution < 1.29 is 56.2 Å². The third-order valence-electron chi connectivity index (χ3n) is 11.2. The first-order chi connectivity index (χ1) is 30.6. The molecule has 12 nitrogen and oxygen atoms in total. The number of hydrogen-bond donors (Lipinski definition) is 4. The number of carbonyl (C=O) groups excluding carboxylic acids is 1. The van der Waals surface area contributed by atoms with Gasteiger partial charge in [-0.25, -0.2) is 4.18 Å². The molecule has 1 rings (SSSR count). The number of carbonyl (C=O) groups is 1. The highest BCUT2D eigenvalue weighted by atomic mass is 32.3. The Labute approximate surface area is 383 Å². The van der Waals surface area contributed by atoms with Gasteiger partial charge in [0.2, 0.25) is 0 Å². The summed E-state index contributed by atoms with van der Waals surface area (Å²) in [5, 5.41) is 30.7. The molecule has 0 aromatic rings. The minimum atomic E-state index is -5.07. The monoisotopic (exact) mass is 915 g/mol. The summed E-state index contributed by atoms with van der Waals surface area (Å²) in [5.41, 5.74) is 0. The van der Waals surface area contributed by atoms with E-state index in [-0.39, 0.29) is 19.6 Å². The number of aliphatic hydroxyl groups excluding tert-OH is 3. The van der Waals surface area contributed by atoms with Crippen molar-refractivity contribution in [2.24, 2.45) is 0 Å². The molecule has 6 unspecified atom stereocenters. The lowest BCUT2D eigenvalue weighted by Crippen LogP contribution is -2.60. The first kappa shape index (κ1) is 59.1. The maximum Gasteiger partial charge on any atom is 0.397 e. The third-order valence-corrected chi connectivity index (χ3v) is 11.7. The average molecular weight is 915 g/mol. The summed E-state index contributed by atoms with van der Waals surface area (Å²) in [7, 11) is -5.07. The molecule has 0 bridgehead atoms. The van der Waals surface area contributed by atoms with Crippen molar-refractivity contribution >= 4 is 16.4 Å². The van der Waals surface area contributed by atoms with Crippen LogP contribution in [-0.2, 0) is 38.3 Å². The van der Waals surface area contributed by atoms with E-state index in [0.29, 0.717) is 13.0 Å². The van der Waals surface area contributed by atoms with Crippen LogP contribution in [0.5, 0.6) is 0 Å². The van der Waals surface area contributed by atoms with Crippen molar-refractivity contribution in [2.45, 2.75) is 237 Å². The molecule has 4 N–H and O–H groups in total. The van der Waals surface area contributed by atoms with Gasteiger partial charge in [0.05, 0.1) is 19.8 Å². The van der Waals surface area contributed by atoms with Gasteiger partial charge in [-0.3, -0.25) is 9.35 Å². The Morgan fingerprint density at radius 3 is 1.57 bits per heavy atom. The normalized spacial score (nSPS) is 20.3. The number of esters is 1. The molecular weight excluding hydrogens is 825 g/mol. The SMILES string of the molecule is CC/C=C\C/C=C\C/C=C\C/C=C\CCCCC(=O)OC(COCCCCCCCCCCCCCCCCCCCCCCC)COC1OC(CO)C(O)C(OS(=O)(=O)O)C1O. The number of ether oxygens (including phenoxy) is 4. The molecule has 0 amide bonds. The van der Waals surface area contributed by atoms with Crippen molar-refractivity contribution in [1.82, 2.24) is 0 Å². The van der Waals surface area contributed by atoms with E-state index in [1.165, 1.54) is 116 Å². The Kier molecular flexibility index (Phi) is 38.9. The van der Waals surface area contributed by atoms with E-state index in [0.717, 1.165) is 57.8 Å². The fourth-order valence-electron chi connectivity index (χ4n) is 7.49. The number of rotatable bonds is 43. The lowest BCUT2D eigenvalue weighted by molar-refractivity contribution is -0.301. The lowest BCUT2D eigenvalue weighted by atomic mass is 9.99. The minimum absolute atomic E-state index is 0.0205. The molecule has 1 fully saturated rings. The molecule has 0 saturated carbocycles. The van der Waals surface area contributed by atoms with Crippen molar-refractivity contribution in [3.8, 4) is 0 Å². The Morgan fingerprint density at radius 1 is 0.619 bits per heavy atom. The second-order valence-electron chi connectivity index (χ2n) is 17.0. The average Bonchev–Trinajstić information content (AvgIpc) is 3.26. The molecule has 1 heterocycles. The van der Waals surface area contributed by atoms with Crippen LogP contribution in [0.1, 0.15) is 200 Å². The largest absolute Gasteiger partial charge is 0.457 e. The summed E-state index contributed by atoms with van der Waals surface area (Å²) in [6.45, 7) is 3.85. The fraction of sp³-hybridized carbons (Fsp3) is 0.820. The van der Waals surface area contributed by atoms with E-state index in [9.17, 15) is 33.1 Å². The van der Waals surface area contributed by atoms with Crippen molar-refractivity contribution in [2.75, 3.05) is 26.4 Å². The number of aliphatic hydroxyl groups is 3. The predicted octanol–water partition coefficient (Wildman–Crippen LogP) is 11.1. The first-order valence-electron chi connectivity index (χ1n) is 24.9. The van der Waals surface area contributed by atoms with Crippen LogP contribution in [0.2, 0.25) is 0 Å². The van der Waals surface area contributed by atoms with Gasteiger partial charge < -0.3 is 34.3 Å². The summed E-state index contributed by atoms with van der Waals surface area (Å²) < 4.78 is 59.1. The second kappa shape index (κ2) is 41.5. The van der Waals surface area contributed by atoms with Gasteiger partial charge >= 0.3 is 16.4 Å². The number of allylic oxidation sites excluding steroid dienone is 8. The van der Waals surface area contributed by atoms with E-state index in [1.807, 2.05) is 0 Å². The zero-order chi connectivity index (χ0) is 46.1. The third kappa shape index (κ3) is 35.0. The van der Waals surface area contributed by atoms with Gasteiger partial charge in [0.1, 0.15) is 30.5 Å². The first-order valence-corrected chi connectivity index (χ1v) is 26.3. The van der Waals surface area contributed by atoms with Gasteiger partial charge in [-0.05, 0) is 51.4 Å². The number of hydrogen-bond acceptors (Lipinski definition) is 11. The Bertz CT molecular complexity index is 1290. The van der Waals surface area contributed by atoms with E-state index in [1.54, 1.807) is 0 Å². The Balaban J connectivity index is 2.37. The summed E-state index contributed by atoms with van der Waals surface area (Å²) in [6, 6.07) is 0. The maximum atomic E-state index is 12.9. The molecule has 63 heavy (non-hydrogen) atoms. The molecule has 0 spiro atoms. The van der Waals surface area contributed by atoms with Crippen molar-refractivity contribution in [3.05, 3.63) is 48.6 Å². The highest BCUT2D eigenvalue weighted by Gasteiger charge is 2.48. The van der Waals surface area contributed by atoms with Gasteiger partial charge in [0, 0.05) is 13.0 Å². The van der Waals surface area contributed by atoms with E-state index in [4.69, 9.17) is 18.9 Å². The van der Waals surface area contributed by atoms with Crippen molar-refractivity contribution in [1.29, 1.82) is 0 Å². The van der Waals surface area contributed by atoms with Crippen LogP contribution in [0.25, 0.3) is 0 Å². The standard InChI is InChI=1S/C50H90O12S/c1-3-5-7-9-11-13-15-17-19-20-21-22-23-24-26-28-30-32-34-36-38-40-58-42-44(43-59-50-48(54)49(62-63(55,56)57)47(53)45(41-51)61-50)60-46(52)39-37-35-33-31-29-27-25-18-16-14-12-10-8-6-4-2/h6,8,12,14,18,25,29,31,44-45,47-51,53-54H,3-5,7,9-11,13,15-17,19-24,26-28,30,32-43H2,1-2H3,(H,55,56,57)/b8-6-,14-12-,25-18-,31-29-. The molecule has 13 heteroatoms. The molecule has 1 aliphatic heterocycles. The molecule has 0 aromatic heterocycles. The summed E-state index contributed by atoms with van der Waals surface area (Å²) >= 11 is 0. The van der Waals surface area contributed by atoms with Crippen LogP contribution in [0, 0.1) is 0 Å². The molecular formula is C50H90O12S.